The van der Waals surface area contributed by atoms with E-state index in [1.165, 1.54) is 0 Å². The van der Waals surface area contributed by atoms with Gasteiger partial charge in [-0.25, -0.2) is 0 Å². The lowest BCUT2D eigenvalue weighted by Crippen LogP contribution is -2.45. The molecule has 0 saturated heterocycles. The summed E-state index contributed by atoms with van der Waals surface area (Å²) in [4.78, 5) is 2.15. The van der Waals surface area contributed by atoms with Gasteiger partial charge in [-0.1, -0.05) is 13.8 Å². The average molecular weight is 284 g/mol. The highest BCUT2D eigenvalue weighted by atomic mass is 16.5. The maximum Gasteiger partial charge on any atom is 0.129 e. The molecule has 0 aliphatic rings. The SMILES string of the molecule is CC(C)C(CN(C)C)NCC(O)COCc1ccco1. The third kappa shape index (κ3) is 7.05. The van der Waals surface area contributed by atoms with Gasteiger partial charge in [0.1, 0.15) is 12.4 Å². The molecule has 20 heavy (non-hydrogen) atoms. The molecule has 2 atom stereocenters. The van der Waals surface area contributed by atoms with Crippen LogP contribution < -0.4 is 5.32 Å². The average Bonchev–Trinajstić information content (AvgIpc) is 2.86. The minimum Gasteiger partial charge on any atom is -0.467 e. The molecule has 5 nitrogen and oxygen atoms in total. The van der Waals surface area contributed by atoms with Gasteiger partial charge in [-0.3, -0.25) is 0 Å². The Morgan fingerprint density at radius 1 is 1.40 bits per heavy atom. The third-order valence-corrected chi connectivity index (χ3v) is 3.12. The van der Waals surface area contributed by atoms with Crippen molar-refractivity contribution in [1.82, 2.24) is 10.2 Å². The molecule has 1 aromatic heterocycles. The molecular formula is C15H28N2O3. The van der Waals surface area contributed by atoms with E-state index in [9.17, 15) is 5.11 Å². The molecule has 1 aromatic rings. The van der Waals surface area contributed by atoms with Crippen LogP contribution in [-0.2, 0) is 11.3 Å². The normalized spacial score (nSPS) is 14.9. The van der Waals surface area contributed by atoms with Gasteiger partial charge >= 0.3 is 0 Å². The zero-order valence-corrected chi connectivity index (χ0v) is 13.0. The monoisotopic (exact) mass is 284 g/mol. The van der Waals surface area contributed by atoms with E-state index in [0.717, 1.165) is 12.3 Å². The van der Waals surface area contributed by atoms with Crippen molar-refractivity contribution in [1.29, 1.82) is 0 Å². The van der Waals surface area contributed by atoms with Gasteiger partial charge in [-0.2, -0.15) is 0 Å². The molecular weight excluding hydrogens is 256 g/mol. The summed E-state index contributed by atoms with van der Waals surface area (Å²) < 4.78 is 10.6. The number of nitrogens with zero attached hydrogens (tertiary/aromatic N) is 1. The lowest BCUT2D eigenvalue weighted by atomic mass is 10.0. The number of hydrogen-bond donors (Lipinski definition) is 2. The Bertz CT molecular complexity index is 339. The van der Waals surface area contributed by atoms with Crippen molar-refractivity contribution in [3.63, 3.8) is 0 Å². The molecule has 2 unspecified atom stereocenters. The van der Waals surface area contributed by atoms with E-state index in [4.69, 9.17) is 9.15 Å². The minimum atomic E-state index is -0.506. The summed E-state index contributed by atoms with van der Waals surface area (Å²) in [6.45, 7) is 6.56. The molecule has 0 aliphatic carbocycles. The summed E-state index contributed by atoms with van der Waals surface area (Å²) in [6.07, 6.45) is 1.11. The smallest absolute Gasteiger partial charge is 0.129 e. The first-order chi connectivity index (χ1) is 9.49. The molecule has 1 heterocycles. The molecule has 5 heteroatoms. The first kappa shape index (κ1) is 17.2. The quantitative estimate of drug-likeness (QED) is 0.679. The zero-order valence-electron chi connectivity index (χ0n) is 13.0. The summed E-state index contributed by atoms with van der Waals surface area (Å²) in [5, 5.41) is 13.3. The Morgan fingerprint density at radius 2 is 2.15 bits per heavy atom. The zero-order chi connectivity index (χ0) is 15.0. The largest absolute Gasteiger partial charge is 0.467 e. The van der Waals surface area contributed by atoms with Gasteiger partial charge in [-0.05, 0) is 32.1 Å². The van der Waals surface area contributed by atoms with E-state index in [1.807, 2.05) is 12.1 Å². The van der Waals surface area contributed by atoms with Crippen LogP contribution in [0.3, 0.4) is 0 Å². The van der Waals surface area contributed by atoms with Crippen molar-refractivity contribution in [2.45, 2.75) is 32.6 Å². The summed E-state index contributed by atoms with van der Waals surface area (Å²) in [7, 11) is 4.11. The number of furan rings is 1. The van der Waals surface area contributed by atoms with Crippen LogP contribution in [0.1, 0.15) is 19.6 Å². The van der Waals surface area contributed by atoms with E-state index in [2.05, 4.69) is 38.2 Å². The van der Waals surface area contributed by atoms with Crippen LogP contribution in [0, 0.1) is 5.92 Å². The molecule has 0 radical (unpaired) electrons. The van der Waals surface area contributed by atoms with Crippen LogP contribution in [0.15, 0.2) is 22.8 Å². The highest BCUT2D eigenvalue weighted by Crippen LogP contribution is 2.04. The number of nitrogens with one attached hydrogen (secondary N) is 1. The lowest BCUT2D eigenvalue weighted by Gasteiger charge is -2.26. The standard InChI is InChI=1S/C15H28N2O3/c1-12(2)15(9-17(3)4)16-8-13(18)10-19-11-14-6-5-7-20-14/h5-7,12-13,15-16,18H,8-11H2,1-4H3. The van der Waals surface area contributed by atoms with Gasteiger partial charge in [0.05, 0.1) is 19.0 Å². The van der Waals surface area contributed by atoms with Crippen molar-refractivity contribution in [3.05, 3.63) is 24.2 Å². The highest BCUT2D eigenvalue weighted by molar-refractivity contribution is 4.96. The van der Waals surface area contributed by atoms with Crippen molar-refractivity contribution in [2.75, 3.05) is 33.8 Å². The second kappa shape index (κ2) is 9.13. The predicted molar refractivity (Wildman–Crippen MR) is 79.6 cm³/mol. The number of aliphatic hydroxyl groups is 1. The summed E-state index contributed by atoms with van der Waals surface area (Å²) in [6, 6.07) is 4.05. The fraction of sp³-hybridized carbons (Fsp3) is 0.733. The van der Waals surface area contributed by atoms with Gasteiger partial charge in [-0.15, -0.1) is 0 Å². The van der Waals surface area contributed by atoms with Crippen LogP contribution in [0.25, 0.3) is 0 Å². The fourth-order valence-electron chi connectivity index (χ4n) is 1.94. The highest BCUT2D eigenvalue weighted by Gasteiger charge is 2.15. The fourth-order valence-corrected chi connectivity index (χ4v) is 1.94. The van der Waals surface area contributed by atoms with Crippen LogP contribution in [0.5, 0.6) is 0 Å². The van der Waals surface area contributed by atoms with Crippen molar-refractivity contribution in [3.8, 4) is 0 Å². The maximum absolute atomic E-state index is 9.91. The van der Waals surface area contributed by atoms with Crippen molar-refractivity contribution >= 4 is 0 Å². The van der Waals surface area contributed by atoms with E-state index in [0.29, 0.717) is 31.7 Å². The second-order valence-corrected chi connectivity index (χ2v) is 5.77. The minimum absolute atomic E-state index is 0.306. The molecule has 0 amide bonds. The predicted octanol–water partition coefficient (Wildman–Crippen LogP) is 1.33. The maximum atomic E-state index is 9.91. The van der Waals surface area contributed by atoms with Crippen molar-refractivity contribution < 1.29 is 14.3 Å². The molecule has 1 rings (SSSR count). The Balaban J connectivity index is 2.18. The second-order valence-electron chi connectivity index (χ2n) is 5.77. The molecule has 0 aliphatic heterocycles. The third-order valence-electron chi connectivity index (χ3n) is 3.12. The summed E-state index contributed by atoms with van der Waals surface area (Å²) in [5.41, 5.74) is 0. The Kier molecular flexibility index (Phi) is 7.84. The first-order valence-electron chi connectivity index (χ1n) is 7.15. The molecule has 0 spiro atoms. The van der Waals surface area contributed by atoms with Gasteiger partial charge in [0.2, 0.25) is 0 Å². The molecule has 0 bridgehead atoms. The van der Waals surface area contributed by atoms with E-state index < -0.39 is 6.10 Å². The number of aliphatic hydroxyl groups excluding tert-OH is 1. The molecule has 2 N–H and O–H groups in total. The number of hydrogen-bond acceptors (Lipinski definition) is 5. The van der Waals surface area contributed by atoms with Gasteiger partial charge in [0.15, 0.2) is 0 Å². The number of likely N-dealkylation sites (N-methyl/N-ethyl adjacent to an activating group) is 1. The van der Waals surface area contributed by atoms with Gasteiger partial charge in [0.25, 0.3) is 0 Å². The molecule has 0 aromatic carbocycles. The molecule has 0 saturated carbocycles. The van der Waals surface area contributed by atoms with Crippen LogP contribution in [0.4, 0.5) is 0 Å². The van der Waals surface area contributed by atoms with Gasteiger partial charge < -0.3 is 24.5 Å². The number of rotatable bonds is 10. The Labute approximate surface area is 121 Å². The first-order valence-corrected chi connectivity index (χ1v) is 7.15. The number of ether oxygens (including phenoxy) is 1. The Hall–Kier alpha value is -0.880. The Morgan fingerprint density at radius 3 is 2.70 bits per heavy atom. The molecule has 0 fully saturated rings. The van der Waals surface area contributed by atoms with E-state index in [-0.39, 0.29) is 0 Å². The molecule has 116 valence electrons. The topological polar surface area (TPSA) is 57.9 Å². The van der Waals surface area contributed by atoms with Crippen molar-refractivity contribution in [2.24, 2.45) is 5.92 Å². The summed E-state index contributed by atoms with van der Waals surface area (Å²) in [5.74, 6) is 1.30. The van der Waals surface area contributed by atoms with Crippen LogP contribution in [0.2, 0.25) is 0 Å². The van der Waals surface area contributed by atoms with Crippen LogP contribution >= 0.6 is 0 Å². The van der Waals surface area contributed by atoms with Crippen LogP contribution in [-0.4, -0.2) is 55.9 Å². The van der Waals surface area contributed by atoms with E-state index in [1.54, 1.807) is 6.26 Å². The summed E-state index contributed by atoms with van der Waals surface area (Å²) >= 11 is 0. The van der Waals surface area contributed by atoms with E-state index >= 15 is 0 Å². The van der Waals surface area contributed by atoms with Gasteiger partial charge in [0, 0.05) is 19.1 Å². The lowest BCUT2D eigenvalue weighted by molar-refractivity contribution is 0.0204.